The number of pyridine rings is 1. The quantitative estimate of drug-likeness (QED) is 0.418. The molecule has 31 heavy (non-hydrogen) atoms. The predicted molar refractivity (Wildman–Crippen MR) is 127 cm³/mol. The number of piperidine rings is 1. The lowest BCUT2D eigenvalue weighted by atomic mass is 9.98. The molecule has 3 aromatic rings. The molecule has 1 fully saturated rings. The maximum Gasteiger partial charge on any atom is 0.167 e. The lowest BCUT2D eigenvalue weighted by molar-refractivity contribution is 0.0993. The van der Waals surface area contributed by atoms with Crippen molar-refractivity contribution in [1.29, 1.82) is 0 Å². The fraction of sp³-hybridized carbons (Fsp3) is 0.231. The van der Waals surface area contributed by atoms with Crippen LogP contribution in [0.2, 0.25) is 5.02 Å². The summed E-state index contributed by atoms with van der Waals surface area (Å²) in [4.78, 5) is 19.3. The summed E-state index contributed by atoms with van der Waals surface area (Å²) in [6.45, 7) is 2.98. The van der Waals surface area contributed by atoms with Gasteiger partial charge in [0.25, 0.3) is 0 Å². The van der Waals surface area contributed by atoms with Crippen LogP contribution in [0.25, 0.3) is 6.08 Å². The molecule has 0 saturated carbocycles. The number of nitrogen functional groups attached to an aromatic ring is 1. The summed E-state index contributed by atoms with van der Waals surface area (Å²) in [6, 6.07) is 17.1. The zero-order valence-electron chi connectivity index (χ0n) is 17.4. The Hall–Kier alpha value is -2.95. The minimum atomic E-state index is 0.0164. The van der Waals surface area contributed by atoms with E-state index < -0.39 is 0 Å². The van der Waals surface area contributed by atoms with E-state index in [1.807, 2.05) is 48.7 Å². The first-order valence-corrected chi connectivity index (χ1v) is 10.9. The first-order chi connectivity index (χ1) is 15.1. The largest absolute Gasteiger partial charge is 0.398 e. The number of aromatic nitrogens is 1. The van der Waals surface area contributed by atoms with Gasteiger partial charge in [0.1, 0.15) is 0 Å². The van der Waals surface area contributed by atoms with E-state index in [0.717, 1.165) is 43.6 Å². The van der Waals surface area contributed by atoms with Crippen molar-refractivity contribution in [2.24, 2.45) is 0 Å². The number of carbonyl (C=O) groups is 1. The number of anilines is 1. The molecule has 0 amide bonds. The molecule has 1 saturated heterocycles. The molecule has 4 rings (SSSR count). The third kappa shape index (κ3) is 5.60. The van der Waals surface area contributed by atoms with Crippen molar-refractivity contribution in [2.75, 3.05) is 18.8 Å². The van der Waals surface area contributed by atoms with Gasteiger partial charge in [0.15, 0.2) is 5.78 Å². The van der Waals surface area contributed by atoms with Gasteiger partial charge in [-0.15, -0.1) is 0 Å². The zero-order chi connectivity index (χ0) is 21.6. The van der Waals surface area contributed by atoms with Crippen LogP contribution in [0.3, 0.4) is 0 Å². The molecule has 0 bridgehead atoms. The van der Waals surface area contributed by atoms with E-state index in [1.165, 1.54) is 11.1 Å². The summed E-state index contributed by atoms with van der Waals surface area (Å²) >= 11 is 6.52. The lowest BCUT2D eigenvalue weighted by Gasteiger charge is -2.28. The monoisotopic (exact) mass is 431 g/mol. The molecule has 1 aliphatic heterocycles. The average molecular weight is 432 g/mol. The van der Waals surface area contributed by atoms with Crippen LogP contribution in [-0.2, 0) is 13.0 Å². The molecule has 1 aliphatic rings. The highest BCUT2D eigenvalue weighted by molar-refractivity contribution is 6.32. The number of nitrogens with zero attached hydrogens (tertiary/aromatic N) is 2. The van der Waals surface area contributed by atoms with Crippen LogP contribution in [0.1, 0.15) is 39.9 Å². The number of nitrogens with two attached hydrogens (primary N) is 1. The Morgan fingerprint density at radius 2 is 1.90 bits per heavy atom. The predicted octanol–water partition coefficient (Wildman–Crippen LogP) is 5.42. The Morgan fingerprint density at radius 1 is 1.10 bits per heavy atom. The topological polar surface area (TPSA) is 59.2 Å². The molecule has 2 heterocycles. The molecular weight excluding hydrogens is 406 g/mol. The highest BCUT2D eigenvalue weighted by Crippen LogP contribution is 2.26. The molecule has 2 N–H and O–H groups in total. The van der Waals surface area contributed by atoms with E-state index in [0.29, 0.717) is 16.3 Å². The van der Waals surface area contributed by atoms with E-state index in [4.69, 9.17) is 17.3 Å². The Balaban J connectivity index is 1.38. The van der Waals surface area contributed by atoms with Gasteiger partial charge in [0.2, 0.25) is 0 Å². The van der Waals surface area contributed by atoms with Crippen molar-refractivity contribution >= 4 is 29.1 Å². The summed E-state index contributed by atoms with van der Waals surface area (Å²) in [5, 5.41) is 0.608. The minimum Gasteiger partial charge on any atom is -0.398 e. The van der Waals surface area contributed by atoms with Gasteiger partial charge in [-0.25, -0.2) is 0 Å². The molecule has 5 heteroatoms. The Labute approximate surface area is 188 Å². The number of likely N-dealkylation sites (tertiary alicyclic amines) is 1. The van der Waals surface area contributed by atoms with Crippen LogP contribution in [0, 0.1) is 0 Å². The third-order valence-corrected chi connectivity index (χ3v) is 6.04. The molecule has 0 radical (unpaired) electrons. The van der Waals surface area contributed by atoms with Gasteiger partial charge in [0, 0.05) is 54.7 Å². The minimum absolute atomic E-state index is 0.0164. The fourth-order valence-corrected chi connectivity index (χ4v) is 4.14. The van der Waals surface area contributed by atoms with Gasteiger partial charge < -0.3 is 5.73 Å². The van der Waals surface area contributed by atoms with Crippen molar-refractivity contribution in [3.8, 4) is 0 Å². The maximum absolute atomic E-state index is 12.7. The summed E-state index contributed by atoms with van der Waals surface area (Å²) < 4.78 is 0. The molecular formula is C26H26ClN3O. The van der Waals surface area contributed by atoms with E-state index in [2.05, 4.69) is 22.0 Å². The van der Waals surface area contributed by atoms with Crippen molar-refractivity contribution in [3.63, 3.8) is 0 Å². The number of Topliss-reactive ketones (excluding diaryl/α,β-unsaturated/α-hetero) is 1. The van der Waals surface area contributed by atoms with Crippen LogP contribution in [0.4, 0.5) is 5.69 Å². The Morgan fingerprint density at radius 3 is 2.61 bits per heavy atom. The summed E-state index contributed by atoms with van der Waals surface area (Å²) in [7, 11) is 0. The zero-order valence-corrected chi connectivity index (χ0v) is 18.2. The van der Waals surface area contributed by atoms with E-state index in [1.54, 1.807) is 12.3 Å². The SMILES string of the molecule is Nc1ccccc1CC(=O)c1ccc(C=C2CCN(Cc3cccnc3)CC2)c(Cl)c1. The lowest BCUT2D eigenvalue weighted by Crippen LogP contribution is -2.30. The Bertz CT molecular complexity index is 1080. The molecule has 0 spiro atoms. The van der Waals surface area contributed by atoms with Crippen molar-refractivity contribution in [2.45, 2.75) is 25.8 Å². The number of ketones is 1. The van der Waals surface area contributed by atoms with Gasteiger partial charge in [-0.2, -0.15) is 0 Å². The van der Waals surface area contributed by atoms with Crippen LogP contribution in [0.15, 0.2) is 72.6 Å². The Kier molecular flexibility index (Phi) is 6.80. The van der Waals surface area contributed by atoms with Crippen LogP contribution in [-0.4, -0.2) is 28.8 Å². The van der Waals surface area contributed by atoms with Gasteiger partial charge >= 0.3 is 0 Å². The summed E-state index contributed by atoms with van der Waals surface area (Å²) in [6.07, 6.45) is 8.22. The van der Waals surface area contributed by atoms with Crippen molar-refractivity contribution in [3.05, 3.63) is 99.8 Å². The fourth-order valence-electron chi connectivity index (χ4n) is 3.90. The molecule has 158 valence electrons. The molecule has 4 nitrogen and oxygen atoms in total. The highest BCUT2D eigenvalue weighted by atomic mass is 35.5. The number of carbonyl (C=O) groups excluding carboxylic acids is 1. The molecule has 2 aromatic carbocycles. The molecule has 0 unspecified atom stereocenters. The molecule has 1 aromatic heterocycles. The standard InChI is InChI=1S/C26H26ClN3O/c27-24-15-23(26(31)16-22-5-1-2-6-25(22)28)8-7-21(24)14-19-9-12-30(13-10-19)18-20-4-3-11-29-17-20/h1-8,11,14-15,17H,9-10,12-13,16,18,28H2. The van der Waals surface area contributed by atoms with Crippen LogP contribution < -0.4 is 5.73 Å². The second-order valence-corrected chi connectivity index (χ2v) is 8.38. The normalized spacial score (nSPS) is 14.4. The first-order valence-electron chi connectivity index (χ1n) is 10.6. The van der Waals surface area contributed by atoms with Gasteiger partial charge in [0.05, 0.1) is 0 Å². The number of para-hydroxylation sites is 1. The van der Waals surface area contributed by atoms with Crippen molar-refractivity contribution in [1.82, 2.24) is 9.88 Å². The average Bonchev–Trinajstić information content (AvgIpc) is 2.78. The number of halogens is 1. The van der Waals surface area contributed by atoms with E-state index in [-0.39, 0.29) is 12.2 Å². The second kappa shape index (κ2) is 9.90. The highest BCUT2D eigenvalue weighted by Gasteiger charge is 2.15. The number of rotatable bonds is 6. The van der Waals surface area contributed by atoms with Gasteiger partial charge in [-0.05, 0) is 47.7 Å². The molecule has 0 aliphatic carbocycles. The van der Waals surface area contributed by atoms with Gasteiger partial charge in [-0.3, -0.25) is 14.7 Å². The van der Waals surface area contributed by atoms with E-state index in [9.17, 15) is 4.79 Å². The summed E-state index contributed by atoms with van der Waals surface area (Å²) in [5.74, 6) is 0.0164. The van der Waals surface area contributed by atoms with Gasteiger partial charge in [-0.1, -0.05) is 59.6 Å². The number of hydrogen-bond donors (Lipinski definition) is 1. The van der Waals surface area contributed by atoms with Crippen LogP contribution in [0.5, 0.6) is 0 Å². The van der Waals surface area contributed by atoms with E-state index >= 15 is 0 Å². The summed E-state index contributed by atoms with van der Waals surface area (Å²) in [5.41, 5.74) is 11.7. The number of benzene rings is 2. The smallest absolute Gasteiger partial charge is 0.167 e. The van der Waals surface area contributed by atoms with Crippen molar-refractivity contribution < 1.29 is 4.79 Å². The third-order valence-electron chi connectivity index (χ3n) is 5.72. The van der Waals surface area contributed by atoms with Crippen LogP contribution >= 0.6 is 11.6 Å². The first kappa shape index (κ1) is 21.3. The number of hydrogen-bond acceptors (Lipinski definition) is 4. The molecule has 0 atom stereocenters. The maximum atomic E-state index is 12.7. The second-order valence-electron chi connectivity index (χ2n) is 7.98.